The predicted octanol–water partition coefficient (Wildman–Crippen LogP) is 2.18. The number of aryl methyl sites for hydroxylation is 4. The Morgan fingerprint density at radius 2 is 2.07 bits per heavy atom. The molecule has 0 fully saturated rings. The molecule has 7 heteroatoms. The summed E-state index contributed by atoms with van der Waals surface area (Å²) in [7, 11) is 0. The largest absolute Gasteiger partial charge is 0.349 e. The van der Waals surface area contributed by atoms with Gasteiger partial charge in [-0.05, 0) is 50.8 Å². The molecule has 1 aliphatic heterocycles. The molecular formula is C20H23N5O2. The van der Waals surface area contributed by atoms with Gasteiger partial charge in [-0.25, -0.2) is 9.89 Å². The zero-order valence-electron chi connectivity index (χ0n) is 15.8. The fraction of sp³-hybridized carbons (Fsp3) is 0.400. The van der Waals surface area contributed by atoms with E-state index in [1.165, 1.54) is 0 Å². The van der Waals surface area contributed by atoms with Crippen LogP contribution < -0.4 is 11.0 Å². The van der Waals surface area contributed by atoms with Crippen molar-refractivity contribution in [2.45, 2.75) is 52.6 Å². The third kappa shape index (κ3) is 3.13. The Hall–Kier alpha value is -2.96. The summed E-state index contributed by atoms with van der Waals surface area (Å²) in [5, 5.41) is 10.6. The number of carbonyl (C=O) groups excluding carboxylic acids is 1. The second-order valence-corrected chi connectivity index (χ2v) is 7.31. The zero-order valence-corrected chi connectivity index (χ0v) is 15.8. The predicted molar refractivity (Wildman–Crippen MR) is 103 cm³/mol. The molecule has 0 bridgehead atoms. The summed E-state index contributed by atoms with van der Waals surface area (Å²) in [5.74, 6) is 0.667. The Labute approximate surface area is 156 Å². The molecule has 1 unspecified atom stereocenters. The van der Waals surface area contributed by atoms with Gasteiger partial charge < -0.3 is 5.32 Å². The number of nitrogens with one attached hydrogen (secondary N) is 2. The molecule has 2 N–H and O–H groups in total. The first-order valence-corrected chi connectivity index (χ1v) is 9.26. The second kappa shape index (κ2) is 6.64. The fourth-order valence-electron chi connectivity index (χ4n) is 3.76. The van der Waals surface area contributed by atoms with Crippen LogP contribution in [0.2, 0.25) is 0 Å². The topological polar surface area (TPSA) is 92.7 Å². The SMILES string of the molecule is Cc1cc(C(=O)NC2CCc3n[nH]c(=O)n3CC2)c2ccc(C)c(C)c2n1. The van der Waals surface area contributed by atoms with E-state index in [0.717, 1.165) is 40.0 Å². The lowest BCUT2D eigenvalue weighted by Gasteiger charge is -2.17. The third-order valence-corrected chi connectivity index (χ3v) is 5.47. The highest BCUT2D eigenvalue weighted by Crippen LogP contribution is 2.24. The molecular weight excluding hydrogens is 342 g/mol. The van der Waals surface area contributed by atoms with E-state index in [9.17, 15) is 9.59 Å². The van der Waals surface area contributed by atoms with Crippen LogP contribution >= 0.6 is 0 Å². The summed E-state index contributed by atoms with van der Waals surface area (Å²) in [6.07, 6.45) is 2.13. The number of aromatic nitrogens is 4. The van der Waals surface area contributed by atoms with Gasteiger partial charge >= 0.3 is 5.69 Å². The highest BCUT2D eigenvalue weighted by atomic mass is 16.2. The van der Waals surface area contributed by atoms with Crippen LogP contribution in [0.25, 0.3) is 10.9 Å². The first kappa shape index (κ1) is 17.5. The Kier molecular flexibility index (Phi) is 4.30. The minimum Gasteiger partial charge on any atom is -0.349 e. The molecule has 1 aliphatic rings. The Morgan fingerprint density at radius 3 is 2.89 bits per heavy atom. The van der Waals surface area contributed by atoms with Crippen molar-refractivity contribution in [2.75, 3.05) is 0 Å². The summed E-state index contributed by atoms with van der Waals surface area (Å²) in [6.45, 7) is 6.56. The molecule has 3 heterocycles. The molecule has 2 aromatic heterocycles. The third-order valence-electron chi connectivity index (χ3n) is 5.47. The Bertz CT molecular complexity index is 1100. The number of fused-ring (bicyclic) bond motifs is 2. The van der Waals surface area contributed by atoms with Crippen LogP contribution in [-0.2, 0) is 13.0 Å². The molecule has 0 saturated carbocycles. The van der Waals surface area contributed by atoms with Crippen molar-refractivity contribution in [3.8, 4) is 0 Å². The van der Waals surface area contributed by atoms with Crippen LogP contribution in [0.1, 0.15) is 45.8 Å². The molecule has 1 atom stereocenters. The second-order valence-electron chi connectivity index (χ2n) is 7.31. The van der Waals surface area contributed by atoms with Crippen molar-refractivity contribution in [1.29, 1.82) is 0 Å². The van der Waals surface area contributed by atoms with Crippen molar-refractivity contribution in [1.82, 2.24) is 25.1 Å². The van der Waals surface area contributed by atoms with Crippen molar-refractivity contribution in [3.05, 3.63) is 56.9 Å². The number of aromatic amines is 1. The molecule has 7 nitrogen and oxygen atoms in total. The Balaban J connectivity index is 1.60. The maximum absolute atomic E-state index is 13.0. The zero-order chi connectivity index (χ0) is 19.1. The van der Waals surface area contributed by atoms with E-state index in [1.807, 2.05) is 32.0 Å². The van der Waals surface area contributed by atoms with Crippen molar-refractivity contribution < 1.29 is 4.79 Å². The van der Waals surface area contributed by atoms with Gasteiger partial charge in [-0.2, -0.15) is 5.10 Å². The number of nitrogens with zero attached hydrogens (tertiary/aromatic N) is 3. The number of pyridine rings is 1. The number of benzene rings is 1. The molecule has 0 spiro atoms. The number of carbonyl (C=O) groups is 1. The van der Waals surface area contributed by atoms with E-state index in [4.69, 9.17) is 0 Å². The number of hydrogen-bond acceptors (Lipinski definition) is 4. The smallest absolute Gasteiger partial charge is 0.343 e. The number of hydrogen-bond donors (Lipinski definition) is 2. The number of H-pyrrole nitrogens is 1. The van der Waals surface area contributed by atoms with Gasteiger partial charge in [-0.3, -0.25) is 14.3 Å². The summed E-state index contributed by atoms with van der Waals surface area (Å²) in [5.41, 5.74) is 4.44. The molecule has 0 saturated heterocycles. The number of rotatable bonds is 2. The van der Waals surface area contributed by atoms with Crippen LogP contribution in [0.4, 0.5) is 0 Å². The van der Waals surface area contributed by atoms with Gasteiger partial charge in [0.1, 0.15) is 5.82 Å². The van der Waals surface area contributed by atoms with Crippen LogP contribution in [0.5, 0.6) is 0 Å². The van der Waals surface area contributed by atoms with Crippen LogP contribution in [0.3, 0.4) is 0 Å². The first-order chi connectivity index (χ1) is 12.9. The monoisotopic (exact) mass is 365 g/mol. The lowest BCUT2D eigenvalue weighted by atomic mass is 10.00. The van der Waals surface area contributed by atoms with Gasteiger partial charge in [0.25, 0.3) is 5.91 Å². The normalized spacial score (nSPS) is 16.8. The van der Waals surface area contributed by atoms with Gasteiger partial charge in [-0.1, -0.05) is 12.1 Å². The standard InChI is InChI=1S/C20H23N5O2/c1-11-4-6-15-16(10-12(2)21-18(15)13(11)3)19(26)22-14-5-7-17-23-24-20(27)25(17)9-8-14/h4,6,10,14H,5,7-9H2,1-3H3,(H,22,26)(H,24,27). The van der Waals surface area contributed by atoms with Crippen LogP contribution in [0.15, 0.2) is 23.0 Å². The maximum atomic E-state index is 13.0. The lowest BCUT2D eigenvalue weighted by Crippen LogP contribution is -2.35. The lowest BCUT2D eigenvalue weighted by molar-refractivity contribution is 0.0934. The van der Waals surface area contributed by atoms with E-state index in [2.05, 4.69) is 27.4 Å². The van der Waals surface area contributed by atoms with Crippen molar-refractivity contribution >= 4 is 16.8 Å². The van der Waals surface area contributed by atoms with Crippen LogP contribution in [0, 0.1) is 20.8 Å². The molecule has 4 rings (SSSR count). The average molecular weight is 365 g/mol. The summed E-state index contributed by atoms with van der Waals surface area (Å²) >= 11 is 0. The molecule has 1 amide bonds. The van der Waals surface area contributed by atoms with Gasteiger partial charge in [0, 0.05) is 30.1 Å². The average Bonchev–Trinajstić information content (AvgIpc) is 2.87. The fourth-order valence-corrected chi connectivity index (χ4v) is 3.76. The van der Waals surface area contributed by atoms with E-state index < -0.39 is 0 Å². The van der Waals surface area contributed by atoms with Gasteiger partial charge in [0.05, 0.1) is 11.1 Å². The summed E-state index contributed by atoms with van der Waals surface area (Å²) in [6, 6.07) is 5.86. The highest BCUT2D eigenvalue weighted by molar-refractivity contribution is 6.07. The summed E-state index contributed by atoms with van der Waals surface area (Å²) < 4.78 is 1.66. The van der Waals surface area contributed by atoms with E-state index in [-0.39, 0.29) is 17.6 Å². The van der Waals surface area contributed by atoms with Gasteiger partial charge in [-0.15, -0.1) is 0 Å². The van der Waals surface area contributed by atoms with Crippen molar-refractivity contribution in [3.63, 3.8) is 0 Å². The minimum absolute atomic E-state index is 0.00802. The van der Waals surface area contributed by atoms with Crippen molar-refractivity contribution in [2.24, 2.45) is 0 Å². The minimum atomic E-state index is -0.182. The van der Waals surface area contributed by atoms with Gasteiger partial charge in [0.15, 0.2) is 0 Å². The first-order valence-electron chi connectivity index (χ1n) is 9.26. The van der Waals surface area contributed by atoms with Gasteiger partial charge in [0.2, 0.25) is 0 Å². The molecule has 3 aromatic rings. The quantitative estimate of drug-likeness (QED) is 0.728. The van der Waals surface area contributed by atoms with E-state index >= 15 is 0 Å². The maximum Gasteiger partial charge on any atom is 0.343 e. The van der Waals surface area contributed by atoms with E-state index in [0.29, 0.717) is 24.9 Å². The molecule has 27 heavy (non-hydrogen) atoms. The molecule has 0 aliphatic carbocycles. The molecule has 140 valence electrons. The Morgan fingerprint density at radius 1 is 1.26 bits per heavy atom. The summed E-state index contributed by atoms with van der Waals surface area (Å²) in [4.78, 5) is 29.4. The number of amides is 1. The molecule has 1 aromatic carbocycles. The van der Waals surface area contributed by atoms with E-state index in [1.54, 1.807) is 4.57 Å². The molecule has 0 radical (unpaired) electrons. The van der Waals surface area contributed by atoms with Crippen LogP contribution in [-0.4, -0.2) is 31.7 Å². The highest BCUT2D eigenvalue weighted by Gasteiger charge is 2.22.